The van der Waals surface area contributed by atoms with Crippen LogP contribution >= 0.6 is 0 Å². The number of imide groups is 1. The molecule has 0 aliphatic carbocycles. The molecule has 3 amide bonds. The lowest BCUT2D eigenvalue weighted by Crippen LogP contribution is -2.37. The molecule has 0 radical (unpaired) electrons. The van der Waals surface area contributed by atoms with Crippen LogP contribution in [0, 0.1) is 0 Å². The van der Waals surface area contributed by atoms with Crippen LogP contribution in [0.15, 0.2) is 30.3 Å². The summed E-state index contributed by atoms with van der Waals surface area (Å²) in [5.74, 6) is -0.273. The summed E-state index contributed by atoms with van der Waals surface area (Å²) in [5.41, 5.74) is 0.995. The molecule has 1 aromatic carbocycles. The van der Waals surface area contributed by atoms with E-state index in [1.165, 1.54) is 0 Å². The Balaban J connectivity index is 2.04. The Bertz CT molecular complexity index is 445. The van der Waals surface area contributed by atoms with Crippen molar-refractivity contribution in [1.82, 2.24) is 10.2 Å². The average Bonchev–Trinajstić information content (AvgIpc) is 2.58. The number of hydrogen-bond donors (Lipinski definition) is 2. The fourth-order valence-corrected chi connectivity index (χ4v) is 2.00. The van der Waals surface area contributed by atoms with Gasteiger partial charge in [0.2, 0.25) is 0 Å². The van der Waals surface area contributed by atoms with E-state index in [0.29, 0.717) is 6.42 Å². The van der Waals surface area contributed by atoms with Crippen LogP contribution in [-0.2, 0) is 11.2 Å². The molecule has 2 atom stereocenters. The molecule has 0 saturated carbocycles. The van der Waals surface area contributed by atoms with Crippen molar-refractivity contribution < 1.29 is 14.7 Å². The van der Waals surface area contributed by atoms with Crippen molar-refractivity contribution in [3.05, 3.63) is 35.9 Å². The van der Waals surface area contributed by atoms with Gasteiger partial charge < -0.3 is 10.4 Å². The highest BCUT2D eigenvalue weighted by molar-refractivity contribution is 6.04. The SMILES string of the molecule is C[C@@H](O)CN1C(=O)N[C@@H](Cc2ccccc2)C1=O. The number of nitrogens with zero attached hydrogens (tertiary/aromatic N) is 1. The van der Waals surface area contributed by atoms with Gasteiger partial charge in [0.1, 0.15) is 6.04 Å². The lowest BCUT2D eigenvalue weighted by molar-refractivity contribution is -0.128. The van der Waals surface area contributed by atoms with Crippen molar-refractivity contribution >= 4 is 11.9 Å². The smallest absolute Gasteiger partial charge is 0.324 e. The lowest BCUT2D eigenvalue weighted by atomic mass is 10.1. The largest absolute Gasteiger partial charge is 0.392 e. The second-order valence-electron chi connectivity index (χ2n) is 4.49. The Morgan fingerprint density at radius 3 is 2.61 bits per heavy atom. The predicted molar refractivity (Wildman–Crippen MR) is 65.9 cm³/mol. The first-order chi connectivity index (χ1) is 8.58. The second-order valence-corrected chi connectivity index (χ2v) is 4.49. The normalized spacial score (nSPS) is 21.0. The van der Waals surface area contributed by atoms with E-state index in [2.05, 4.69) is 5.32 Å². The van der Waals surface area contributed by atoms with Gasteiger partial charge in [-0.3, -0.25) is 9.69 Å². The average molecular weight is 248 g/mol. The number of amides is 3. The molecule has 1 heterocycles. The van der Waals surface area contributed by atoms with Crippen molar-refractivity contribution in [2.45, 2.75) is 25.5 Å². The Labute approximate surface area is 105 Å². The maximum Gasteiger partial charge on any atom is 0.324 e. The molecular weight excluding hydrogens is 232 g/mol. The minimum atomic E-state index is -0.713. The number of aliphatic hydroxyl groups is 1. The number of urea groups is 1. The van der Waals surface area contributed by atoms with E-state index in [1.807, 2.05) is 30.3 Å². The molecule has 96 valence electrons. The number of rotatable bonds is 4. The number of carbonyl (C=O) groups excluding carboxylic acids is 2. The van der Waals surface area contributed by atoms with Gasteiger partial charge in [-0.05, 0) is 12.5 Å². The number of carbonyl (C=O) groups is 2. The summed E-state index contributed by atoms with van der Waals surface area (Å²) in [6.07, 6.45) is -0.239. The zero-order valence-electron chi connectivity index (χ0n) is 10.2. The summed E-state index contributed by atoms with van der Waals surface area (Å²) in [6, 6.07) is 8.56. The molecule has 1 aromatic rings. The summed E-state index contributed by atoms with van der Waals surface area (Å²) in [5, 5.41) is 11.9. The molecule has 0 unspecified atom stereocenters. The fraction of sp³-hybridized carbons (Fsp3) is 0.385. The van der Waals surface area contributed by atoms with Gasteiger partial charge in [0.25, 0.3) is 5.91 Å². The summed E-state index contributed by atoms with van der Waals surface area (Å²) < 4.78 is 0. The zero-order chi connectivity index (χ0) is 13.1. The Morgan fingerprint density at radius 1 is 1.33 bits per heavy atom. The lowest BCUT2D eigenvalue weighted by Gasteiger charge is -2.14. The molecule has 2 N–H and O–H groups in total. The van der Waals surface area contributed by atoms with Crippen molar-refractivity contribution in [3.63, 3.8) is 0 Å². The van der Waals surface area contributed by atoms with Crippen LogP contribution in [0.5, 0.6) is 0 Å². The third kappa shape index (κ3) is 2.68. The Hall–Kier alpha value is -1.88. The van der Waals surface area contributed by atoms with E-state index in [4.69, 9.17) is 0 Å². The molecule has 5 nitrogen and oxygen atoms in total. The second kappa shape index (κ2) is 5.18. The Morgan fingerprint density at radius 2 is 2.00 bits per heavy atom. The minimum Gasteiger partial charge on any atom is -0.392 e. The standard InChI is InChI=1S/C13H16N2O3/c1-9(16)8-15-12(17)11(14-13(15)18)7-10-5-3-2-4-6-10/h2-6,9,11,16H,7-8H2,1H3,(H,14,18)/t9-,11+/m1/s1. The molecule has 2 rings (SSSR count). The van der Waals surface area contributed by atoms with Gasteiger partial charge in [-0.2, -0.15) is 0 Å². The molecule has 1 aliphatic rings. The van der Waals surface area contributed by atoms with E-state index in [1.54, 1.807) is 6.92 Å². The fourth-order valence-electron chi connectivity index (χ4n) is 2.00. The van der Waals surface area contributed by atoms with Gasteiger partial charge in [-0.1, -0.05) is 30.3 Å². The van der Waals surface area contributed by atoms with Gasteiger partial charge in [0.05, 0.1) is 12.6 Å². The molecule has 0 aromatic heterocycles. The van der Waals surface area contributed by atoms with Crippen LogP contribution in [0.1, 0.15) is 12.5 Å². The zero-order valence-corrected chi connectivity index (χ0v) is 10.2. The first-order valence-corrected chi connectivity index (χ1v) is 5.92. The summed E-state index contributed by atoms with van der Waals surface area (Å²) >= 11 is 0. The van der Waals surface area contributed by atoms with Crippen molar-refractivity contribution in [2.75, 3.05) is 6.54 Å². The van der Waals surface area contributed by atoms with Crippen molar-refractivity contribution in [1.29, 1.82) is 0 Å². The van der Waals surface area contributed by atoms with Gasteiger partial charge in [-0.15, -0.1) is 0 Å². The van der Waals surface area contributed by atoms with E-state index in [9.17, 15) is 14.7 Å². The molecule has 1 fully saturated rings. The van der Waals surface area contributed by atoms with E-state index < -0.39 is 18.2 Å². The van der Waals surface area contributed by atoms with Crippen LogP contribution < -0.4 is 5.32 Å². The topological polar surface area (TPSA) is 69.6 Å². The molecular formula is C13H16N2O3. The van der Waals surface area contributed by atoms with Crippen molar-refractivity contribution in [3.8, 4) is 0 Å². The van der Waals surface area contributed by atoms with Gasteiger partial charge in [0, 0.05) is 6.42 Å². The van der Waals surface area contributed by atoms with E-state index in [-0.39, 0.29) is 12.5 Å². The highest BCUT2D eigenvalue weighted by atomic mass is 16.3. The van der Waals surface area contributed by atoms with Crippen LogP contribution in [0.25, 0.3) is 0 Å². The highest BCUT2D eigenvalue weighted by Gasteiger charge is 2.38. The minimum absolute atomic E-state index is 0.0377. The van der Waals surface area contributed by atoms with Gasteiger partial charge in [-0.25, -0.2) is 4.79 Å². The number of nitrogens with one attached hydrogen (secondary N) is 1. The molecule has 0 bridgehead atoms. The molecule has 5 heteroatoms. The van der Waals surface area contributed by atoms with Crippen LogP contribution in [0.3, 0.4) is 0 Å². The maximum absolute atomic E-state index is 12.0. The number of aliphatic hydroxyl groups excluding tert-OH is 1. The third-order valence-electron chi connectivity index (χ3n) is 2.84. The highest BCUT2D eigenvalue weighted by Crippen LogP contribution is 2.12. The van der Waals surface area contributed by atoms with E-state index >= 15 is 0 Å². The predicted octanol–water partition coefficient (Wildman–Crippen LogP) is 0.530. The third-order valence-corrected chi connectivity index (χ3v) is 2.84. The van der Waals surface area contributed by atoms with Gasteiger partial charge in [0.15, 0.2) is 0 Å². The first-order valence-electron chi connectivity index (χ1n) is 5.92. The van der Waals surface area contributed by atoms with Gasteiger partial charge >= 0.3 is 6.03 Å². The monoisotopic (exact) mass is 248 g/mol. The van der Waals surface area contributed by atoms with Crippen LogP contribution in [-0.4, -0.2) is 40.6 Å². The first kappa shape index (κ1) is 12.6. The van der Waals surface area contributed by atoms with Crippen molar-refractivity contribution in [2.24, 2.45) is 0 Å². The Kier molecular flexibility index (Phi) is 3.62. The number of β-amino-alcohol motifs (C(OH)–C–C–N with tert-alkyl or cyclic N) is 1. The number of benzene rings is 1. The summed E-state index contributed by atoms with van der Waals surface area (Å²) in [4.78, 5) is 24.7. The quantitative estimate of drug-likeness (QED) is 0.764. The number of hydrogen-bond acceptors (Lipinski definition) is 3. The maximum atomic E-state index is 12.0. The molecule has 1 saturated heterocycles. The summed E-state index contributed by atoms with van der Waals surface area (Å²) in [7, 11) is 0. The summed E-state index contributed by atoms with van der Waals surface area (Å²) in [6.45, 7) is 1.58. The molecule has 0 spiro atoms. The van der Waals surface area contributed by atoms with Crippen LogP contribution in [0.4, 0.5) is 4.79 Å². The molecule has 18 heavy (non-hydrogen) atoms. The molecule has 1 aliphatic heterocycles. The van der Waals surface area contributed by atoms with Crippen LogP contribution in [0.2, 0.25) is 0 Å². The van der Waals surface area contributed by atoms with E-state index in [0.717, 1.165) is 10.5 Å².